The van der Waals surface area contributed by atoms with Crippen molar-refractivity contribution in [3.05, 3.63) is 58.4 Å². The van der Waals surface area contributed by atoms with Crippen molar-refractivity contribution in [3.63, 3.8) is 0 Å². The van der Waals surface area contributed by atoms with Gasteiger partial charge < -0.3 is 4.90 Å². The minimum atomic E-state index is -0.0163. The molecule has 1 aliphatic rings. The Labute approximate surface area is 116 Å². The molecule has 4 heteroatoms. The van der Waals surface area contributed by atoms with E-state index in [9.17, 15) is 4.79 Å². The first-order chi connectivity index (χ1) is 9.15. The maximum absolute atomic E-state index is 12.6. The number of aryl methyl sites for hydroxylation is 1. The highest BCUT2D eigenvalue weighted by atomic mass is 35.5. The van der Waals surface area contributed by atoms with Crippen molar-refractivity contribution in [3.8, 4) is 0 Å². The molecule has 0 saturated carbocycles. The molecule has 1 aromatic carbocycles. The fourth-order valence-electron chi connectivity index (χ4n) is 2.46. The second kappa shape index (κ2) is 4.67. The SMILES string of the molecule is Cc1cc(C(=O)N2CCc3ccccc32)cc(Cl)n1. The number of carbonyl (C=O) groups is 1. The number of amides is 1. The summed E-state index contributed by atoms with van der Waals surface area (Å²) in [6, 6.07) is 11.4. The molecule has 0 N–H and O–H groups in total. The van der Waals surface area contributed by atoms with E-state index in [1.807, 2.05) is 25.1 Å². The normalized spacial score (nSPS) is 13.5. The summed E-state index contributed by atoms with van der Waals surface area (Å²) in [5, 5.41) is 0.357. The minimum absolute atomic E-state index is 0.0163. The zero-order valence-electron chi connectivity index (χ0n) is 10.6. The van der Waals surface area contributed by atoms with Crippen molar-refractivity contribution in [2.75, 3.05) is 11.4 Å². The molecule has 0 aliphatic carbocycles. The largest absolute Gasteiger partial charge is 0.308 e. The average Bonchev–Trinajstić information content (AvgIpc) is 2.80. The van der Waals surface area contributed by atoms with Gasteiger partial charge in [-0.2, -0.15) is 0 Å². The summed E-state index contributed by atoms with van der Waals surface area (Å²) in [7, 11) is 0. The standard InChI is InChI=1S/C15H13ClN2O/c1-10-8-12(9-14(16)17-10)15(19)18-7-6-11-4-2-3-5-13(11)18/h2-5,8-9H,6-7H2,1H3. The molecule has 0 atom stereocenters. The molecule has 0 bridgehead atoms. The molecule has 3 rings (SSSR count). The molecule has 2 heterocycles. The summed E-state index contributed by atoms with van der Waals surface area (Å²) >= 11 is 5.92. The number of rotatable bonds is 1. The van der Waals surface area contributed by atoms with Gasteiger partial charge in [0.2, 0.25) is 0 Å². The number of halogens is 1. The quantitative estimate of drug-likeness (QED) is 0.747. The van der Waals surface area contributed by atoms with Gasteiger partial charge in [-0.05, 0) is 37.1 Å². The number of nitrogens with zero attached hydrogens (tertiary/aromatic N) is 2. The lowest BCUT2D eigenvalue weighted by molar-refractivity contribution is 0.0989. The van der Waals surface area contributed by atoms with E-state index in [1.54, 1.807) is 17.0 Å². The third-order valence-corrected chi connectivity index (χ3v) is 3.50. The predicted octanol–water partition coefficient (Wildman–Crippen LogP) is 3.25. The highest BCUT2D eigenvalue weighted by molar-refractivity contribution is 6.30. The third-order valence-electron chi connectivity index (χ3n) is 3.30. The molecule has 1 aliphatic heterocycles. The van der Waals surface area contributed by atoms with Crippen LogP contribution in [0.4, 0.5) is 5.69 Å². The van der Waals surface area contributed by atoms with E-state index >= 15 is 0 Å². The molecule has 0 unspecified atom stereocenters. The average molecular weight is 273 g/mol. The first-order valence-corrected chi connectivity index (χ1v) is 6.57. The molecule has 2 aromatic rings. The van der Waals surface area contributed by atoms with Crippen LogP contribution in [0.1, 0.15) is 21.6 Å². The minimum Gasteiger partial charge on any atom is -0.308 e. The van der Waals surface area contributed by atoms with Crippen LogP contribution in [0.2, 0.25) is 5.15 Å². The number of pyridine rings is 1. The molecule has 0 radical (unpaired) electrons. The molecule has 3 nitrogen and oxygen atoms in total. The molecule has 0 spiro atoms. The first kappa shape index (κ1) is 12.2. The molecule has 0 saturated heterocycles. The van der Waals surface area contributed by atoms with Gasteiger partial charge in [0.1, 0.15) is 5.15 Å². The molecule has 1 amide bonds. The number of benzene rings is 1. The van der Waals surface area contributed by atoms with Crippen molar-refractivity contribution in [1.29, 1.82) is 0 Å². The highest BCUT2D eigenvalue weighted by Crippen LogP contribution is 2.29. The second-order valence-corrected chi connectivity index (χ2v) is 5.04. The Balaban J connectivity index is 1.98. The maximum Gasteiger partial charge on any atom is 0.258 e. The zero-order chi connectivity index (χ0) is 13.4. The van der Waals surface area contributed by atoms with Crippen LogP contribution in [0.15, 0.2) is 36.4 Å². The lowest BCUT2D eigenvalue weighted by Gasteiger charge is -2.17. The van der Waals surface area contributed by atoms with Crippen LogP contribution in [0, 0.1) is 6.92 Å². The number of para-hydroxylation sites is 1. The van der Waals surface area contributed by atoms with Gasteiger partial charge in [-0.15, -0.1) is 0 Å². The van der Waals surface area contributed by atoms with E-state index in [0.29, 0.717) is 10.7 Å². The third kappa shape index (κ3) is 2.22. The lowest BCUT2D eigenvalue weighted by Crippen LogP contribution is -2.29. The first-order valence-electron chi connectivity index (χ1n) is 6.19. The number of anilines is 1. The molecule has 1 aromatic heterocycles. The van der Waals surface area contributed by atoms with E-state index in [0.717, 1.165) is 24.3 Å². The Morgan fingerprint density at radius 1 is 1.32 bits per heavy atom. The van der Waals surface area contributed by atoms with Gasteiger partial charge in [0.15, 0.2) is 0 Å². The summed E-state index contributed by atoms with van der Waals surface area (Å²) in [6.45, 7) is 2.55. The monoisotopic (exact) mass is 272 g/mol. The molecule has 96 valence electrons. The molecular formula is C15H13ClN2O. The smallest absolute Gasteiger partial charge is 0.258 e. The summed E-state index contributed by atoms with van der Waals surface area (Å²) < 4.78 is 0. The van der Waals surface area contributed by atoms with Crippen molar-refractivity contribution in [2.45, 2.75) is 13.3 Å². The fraction of sp³-hybridized carbons (Fsp3) is 0.200. The van der Waals surface area contributed by atoms with Gasteiger partial charge in [-0.1, -0.05) is 29.8 Å². The van der Waals surface area contributed by atoms with Crippen LogP contribution >= 0.6 is 11.6 Å². The van der Waals surface area contributed by atoms with Gasteiger partial charge >= 0.3 is 0 Å². The van der Waals surface area contributed by atoms with Crippen molar-refractivity contribution in [2.24, 2.45) is 0 Å². The number of hydrogen-bond donors (Lipinski definition) is 0. The zero-order valence-corrected chi connectivity index (χ0v) is 11.3. The Hall–Kier alpha value is -1.87. The summed E-state index contributed by atoms with van der Waals surface area (Å²) in [6.07, 6.45) is 0.902. The Morgan fingerprint density at radius 2 is 2.11 bits per heavy atom. The second-order valence-electron chi connectivity index (χ2n) is 4.66. The van der Waals surface area contributed by atoms with Gasteiger partial charge in [-0.25, -0.2) is 4.98 Å². The summed E-state index contributed by atoms with van der Waals surface area (Å²) in [5.41, 5.74) is 3.56. The van der Waals surface area contributed by atoms with Gasteiger partial charge in [0.05, 0.1) is 0 Å². The van der Waals surface area contributed by atoms with Gasteiger partial charge in [0.25, 0.3) is 5.91 Å². The topological polar surface area (TPSA) is 33.2 Å². The van der Waals surface area contributed by atoms with Crippen molar-refractivity contribution in [1.82, 2.24) is 4.98 Å². The van der Waals surface area contributed by atoms with E-state index in [1.165, 1.54) is 5.56 Å². The van der Waals surface area contributed by atoms with Crippen LogP contribution < -0.4 is 4.90 Å². The van der Waals surface area contributed by atoms with Crippen molar-refractivity contribution < 1.29 is 4.79 Å². The number of carbonyl (C=O) groups excluding carboxylic acids is 1. The molecule has 0 fully saturated rings. The van der Waals surface area contributed by atoms with Crippen LogP contribution in [-0.4, -0.2) is 17.4 Å². The van der Waals surface area contributed by atoms with E-state index in [-0.39, 0.29) is 5.91 Å². The number of fused-ring (bicyclic) bond motifs is 1. The van der Waals surface area contributed by atoms with Crippen molar-refractivity contribution >= 4 is 23.2 Å². The van der Waals surface area contributed by atoms with E-state index in [4.69, 9.17) is 11.6 Å². The maximum atomic E-state index is 12.6. The highest BCUT2D eigenvalue weighted by Gasteiger charge is 2.25. The lowest BCUT2D eigenvalue weighted by atomic mass is 10.1. The van der Waals surface area contributed by atoms with E-state index in [2.05, 4.69) is 11.1 Å². The van der Waals surface area contributed by atoms with Gasteiger partial charge in [-0.3, -0.25) is 4.79 Å². The van der Waals surface area contributed by atoms with Crippen LogP contribution in [-0.2, 0) is 6.42 Å². The Kier molecular flexibility index (Phi) is 2.99. The number of aromatic nitrogens is 1. The Morgan fingerprint density at radius 3 is 2.89 bits per heavy atom. The summed E-state index contributed by atoms with van der Waals surface area (Å²) in [5.74, 6) is -0.0163. The fourth-order valence-corrected chi connectivity index (χ4v) is 2.71. The Bertz CT molecular complexity index is 634. The van der Waals surface area contributed by atoms with Crippen LogP contribution in [0.3, 0.4) is 0 Å². The molecule has 19 heavy (non-hydrogen) atoms. The van der Waals surface area contributed by atoms with E-state index < -0.39 is 0 Å². The number of hydrogen-bond acceptors (Lipinski definition) is 2. The van der Waals surface area contributed by atoms with Crippen LogP contribution in [0.25, 0.3) is 0 Å². The van der Waals surface area contributed by atoms with Gasteiger partial charge in [0, 0.05) is 23.5 Å². The predicted molar refractivity (Wildman–Crippen MR) is 75.8 cm³/mol. The molecular weight excluding hydrogens is 260 g/mol. The van der Waals surface area contributed by atoms with Crippen LogP contribution in [0.5, 0.6) is 0 Å². The summed E-state index contributed by atoms with van der Waals surface area (Å²) in [4.78, 5) is 18.4.